The zero-order valence-corrected chi connectivity index (χ0v) is 13.5. The van der Waals surface area contributed by atoms with Gasteiger partial charge in [0.1, 0.15) is 5.75 Å². The monoisotopic (exact) mass is 341 g/mol. The number of rotatable bonds is 6. The van der Waals surface area contributed by atoms with Crippen molar-refractivity contribution < 1.29 is 28.2 Å². The van der Waals surface area contributed by atoms with Crippen molar-refractivity contribution in [3.8, 4) is 5.75 Å². The number of carboxylic acids is 1. The first kappa shape index (κ1) is 18.2. The quantitative estimate of drug-likeness (QED) is 0.834. The third-order valence-corrected chi connectivity index (χ3v) is 4.44. The number of hydrogen-bond acceptors (Lipinski definition) is 3. The molecule has 1 atom stereocenters. The van der Waals surface area contributed by atoms with Crippen molar-refractivity contribution in [2.45, 2.75) is 45.1 Å². The smallest absolute Gasteiger partial charge is 0.311 e. The molecule has 0 bridgehead atoms. The van der Waals surface area contributed by atoms with Crippen LogP contribution in [0.3, 0.4) is 0 Å². The molecule has 0 spiro atoms. The molecule has 24 heavy (non-hydrogen) atoms. The number of carbonyl (C=O) groups is 2. The van der Waals surface area contributed by atoms with Crippen LogP contribution in [-0.2, 0) is 9.59 Å². The Bertz CT molecular complexity index is 615. The van der Waals surface area contributed by atoms with E-state index < -0.39 is 35.0 Å². The van der Waals surface area contributed by atoms with Gasteiger partial charge in [-0.3, -0.25) is 9.59 Å². The molecule has 0 saturated heterocycles. The lowest BCUT2D eigenvalue weighted by molar-refractivity contribution is -0.151. The van der Waals surface area contributed by atoms with Crippen LogP contribution in [-0.4, -0.2) is 29.6 Å². The maximum absolute atomic E-state index is 13.1. The van der Waals surface area contributed by atoms with Gasteiger partial charge >= 0.3 is 5.97 Å². The maximum Gasteiger partial charge on any atom is 0.311 e. The molecular weight excluding hydrogens is 320 g/mol. The molecule has 1 aliphatic rings. The zero-order valence-electron chi connectivity index (χ0n) is 13.5. The van der Waals surface area contributed by atoms with Gasteiger partial charge in [0.15, 0.2) is 17.7 Å². The van der Waals surface area contributed by atoms with Gasteiger partial charge in [-0.05, 0) is 31.9 Å². The summed E-state index contributed by atoms with van der Waals surface area (Å²) in [7, 11) is 0. The molecular formula is C17H21F2NO4. The van der Waals surface area contributed by atoms with Crippen molar-refractivity contribution in [2.75, 3.05) is 6.54 Å². The molecule has 1 aromatic rings. The summed E-state index contributed by atoms with van der Waals surface area (Å²) >= 11 is 0. The minimum Gasteiger partial charge on any atom is -0.481 e. The molecule has 1 amide bonds. The Kier molecular flexibility index (Phi) is 5.75. The minimum absolute atomic E-state index is 0.0298. The van der Waals surface area contributed by atoms with Crippen molar-refractivity contribution in [3.63, 3.8) is 0 Å². The minimum atomic E-state index is -1.06. The first-order chi connectivity index (χ1) is 11.3. The van der Waals surface area contributed by atoms with Gasteiger partial charge in [0, 0.05) is 12.6 Å². The van der Waals surface area contributed by atoms with Gasteiger partial charge in [-0.1, -0.05) is 19.3 Å². The molecule has 5 nitrogen and oxygen atoms in total. The van der Waals surface area contributed by atoms with E-state index in [9.17, 15) is 23.5 Å². The van der Waals surface area contributed by atoms with Crippen molar-refractivity contribution in [2.24, 2.45) is 5.41 Å². The fraction of sp³-hybridized carbons (Fsp3) is 0.529. The van der Waals surface area contributed by atoms with Crippen molar-refractivity contribution in [1.82, 2.24) is 5.32 Å². The Morgan fingerprint density at radius 1 is 1.25 bits per heavy atom. The van der Waals surface area contributed by atoms with Gasteiger partial charge < -0.3 is 15.2 Å². The van der Waals surface area contributed by atoms with E-state index in [0.717, 1.165) is 31.4 Å². The Morgan fingerprint density at radius 2 is 1.92 bits per heavy atom. The number of halogens is 2. The van der Waals surface area contributed by atoms with Crippen LogP contribution >= 0.6 is 0 Å². The number of carboxylic acid groups (broad SMARTS) is 1. The van der Waals surface area contributed by atoms with E-state index >= 15 is 0 Å². The molecule has 1 aromatic carbocycles. The van der Waals surface area contributed by atoms with Crippen LogP contribution in [0.2, 0.25) is 0 Å². The number of hydrogen-bond donors (Lipinski definition) is 2. The molecule has 0 aliphatic heterocycles. The lowest BCUT2D eigenvalue weighted by Gasteiger charge is -2.33. The molecule has 2 N–H and O–H groups in total. The molecule has 0 radical (unpaired) electrons. The van der Waals surface area contributed by atoms with Crippen LogP contribution in [0.1, 0.15) is 39.0 Å². The summed E-state index contributed by atoms with van der Waals surface area (Å²) in [6.07, 6.45) is 2.75. The molecule has 2 rings (SSSR count). The normalized spacial score (nSPS) is 17.8. The summed E-state index contributed by atoms with van der Waals surface area (Å²) in [6, 6.07) is 3.00. The van der Waals surface area contributed by atoms with Gasteiger partial charge in [-0.15, -0.1) is 0 Å². The Balaban J connectivity index is 1.93. The summed E-state index contributed by atoms with van der Waals surface area (Å²) < 4.78 is 31.3. The van der Waals surface area contributed by atoms with Crippen LogP contribution in [0.4, 0.5) is 8.78 Å². The second kappa shape index (κ2) is 7.59. The predicted molar refractivity (Wildman–Crippen MR) is 82.6 cm³/mol. The van der Waals surface area contributed by atoms with E-state index in [2.05, 4.69) is 5.32 Å². The highest BCUT2D eigenvalue weighted by atomic mass is 19.2. The maximum atomic E-state index is 13.1. The summed E-state index contributed by atoms with van der Waals surface area (Å²) in [5, 5.41) is 12.1. The lowest BCUT2D eigenvalue weighted by atomic mass is 9.74. The van der Waals surface area contributed by atoms with Gasteiger partial charge in [-0.2, -0.15) is 0 Å². The fourth-order valence-corrected chi connectivity index (χ4v) is 2.90. The fourth-order valence-electron chi connectivity index (χ4n) is 2.90. The third-order valence-electron chi connectivity index (χ3n) is 4.44. The first-order valence-electron chi connectivity index (χ1n) is 7.97. The van der Waals surface area contributed by atoms with Crippen LogP contribution in [0.5, 0.6) is 5.75 Å². The topological polar surface area (TPSA) is 75.6 Å². The molecule has 1 saturated carbocycles. The van der Waals surface area contributed by atoms with E-state index in [1.807, 2.05) is 0 Å². The molecule has 132 valence electrons. The van der Waals surface area contributed by atoms with E-state index in [1.54, 1.807) is 0 Å². The highest BCUT2D eigenvalue weighted by Crippen LogP contribution is 2.36. The van der Waals surface area contributed by atoms with Crippen molar-refractivity contribution >= 4 is 11.9 Å². The van der Waals surface area contributed by atoms with Crippen molar-refractivity contribution in [1.29, 1.82) is 0 Å². The summed E-state index contributed by atoms with van der Waals surface area (Å²) in [5.41, 5.74) is -0.935. The standard InChI is InChI=1S/C17H21F2NO4/c1-11(24-12-5-6-13(18)14(19)9-12)15(21)20-10-17(16(22)23)7-3-2-4-8-17/h5-6,9,11H,2-4,7-8,10H2,1H3,(H,20,21)(H,22,23). The molecule has 1 unspecified atom stereocenters. The average Bonchev–Trinajstić information content (AvgIpc) is 2.56. The Morgan fingerprint density at radius 3 is 2.50 bits per heavy atom. The number of benzene rings is 1. The summed E-state index contributed by atoms with van der Waals surface area (Å²) in [6.45, 7) is 1.50. The third kappa shape index (κ3) is 4.21. The van der Waals surface area contributed by atoms with Crippen LogP contribution in [0, 0.1) is 17.0 Å². The highest BCUT2D eigenvalue weighted by molar-refractivity contribution is 5.82. The Labute approximate surface area is 139 Å². The molecule has 7 heteroatoms. The lowest BCUT2D eigenvalue weighted by Crippen LogP contribution is -2.47. The predicted octanol–water partition coefficient (Wildman–Crippen LogP) is 2.88. The zero-order chi connectivity index (χ0) is 17.7. The average molecular weight is 341 g/mol. The van der Waals surface area contributed by atoms with E-state index in [-0.39, 0.29) is 12.3 Å². The largest absolute Gasteiger partial charge is 0.481 e. The van der Waals surface area contributed by atoms with E-state index in [1.165, 1.54) is 13.0 Å². The summed E-state index contributed by atoms with van der Waals surface area (Å²) in [5.74, 6) is -3.43. The van der Waals surface area contributed by atoms with Gasteiger partial charge in [0.2, 0.25) is 0 Å². The second-order valence-electron chi connectivity index (χ2n) is 6.20. The molecule has 0 heterocycles. The van der Waals surface area contributed by atoms with Crippen LogP contribution in [0.15, 0.2) is 18.2 Å². The number of carbonyl (C=O) groups excluding carboxylic acids is 1. The first-order valence-corrected chi connectivity index (χ1v) is 7.97. The van der Waals surface area contributed by atoms with Gasteiger partial charge in [0.05, 0.1) is 5.41 Å². The molecule has 1 aliphatic carbocycles. The number of ether oxygens (including phenoxy) is 1. The van der Waals surface area contributed by atoms with E-state index in [4.69, 9.17) is 4.74 Å². The molecule has 1 fully saturated rings. The van der Waals surface area contributed by atoms with Gasteiger partial charge in [0.25, 0.3) is 5.91 Å². The van der Waals surface area contributed by atoms with Crippen LogP contribution in [0.25, 0.3) is 0 Å². The second-order valence-corrected chi connectivity index (χ2v) is 6.20. The SMILES string of the molecule is CC(Oc1ccc(F)c(F)c1)C(=O)NCC1(C(=O)O)CCCCC1. The van der Waals surface area contributed by atoms with E-state index in [0.29, 0.717) is 12.8 Å². The van der Waals surface area contributed by atoms with Crippen molar-refractivity contribution in [3.05, 3.63) is 29.8 Å². The van der Waals surface area contributed by atoms with Crippen LogP contribution < -0.4 is 10.1 Å². The number of nitrogens with one attached hydrogen (secondary N) is 1. The molecule has 0 aromatic heterocycles. The van der Waals surface area contributed by atoms with Gasteiger partial charge in [-0.25, -0.2) is 8.78 Å². The number of amides is 1. The highest BCUT2D eigenvalue weighted by Gasteiger charge is 2.40. The summed E-state index contributed by atoms with van der Waals surface area (Å²) in [4.78, 5) is 23.7. The number of aliphatic carboxylic acids is 1. The Hall–Kier alpha value is -2.18.